The van der Waals surface area contributed by atoms with E-state index in [1.54, 1.807) is 11.0 Å². The summed E-state index contributed by atoms with van der Waals surface area (Å²) in [4.78, 5) is 31.4. The number of nitrogens with zero attached hydrogens (tertiary/aromatic N) is 2. The summed E-state index contributed by atoms with van der Waals surface area (Å²) in [6.07, 6.45) is 1.88. The van der Waals surface area contributed by atoms with Gasteiger partial charge in [0.25, 0.3) is 11.8 Å². The lowest BCUT2D eigenvalue weighted by molar-refractivity contribution is -0.122. The van der Waals surface area contributed by atoms with E-state index in [-0.39, 0.29) is 11.8 Å². The second-order valence-corrected chi connectivity index (χ2v) is 8.18. The number of carbonyl (C=O) groups excluding carboxylic acids is 2. The summed E-state index contributed by atoms with van der Waals surface area (Å²) in [5.41, 5.74) is 3.38. The Hall–Kier alpha value is -3.60. The highest BCUT2D eigenvalue weighted by Gasteiger charge is 2.59. The minimum Gasteiger partial charge on any atom is -0.350 e. The van der Waals surface area contributed by atoms with Crippen LogP contribution in [0.2, 0.25) is 0 Å². The van der Waals surface area contributed by atoms with E-state index < -0.39 is 5.66 Å². The van der Waals surface area contributed by atoms with E-state index in [0.717, 1.165) is 29.7 Å². The van der Waals surface area contributed by atoms with Gasteiger partial charge in [-0.05, 0) is 43.7 Å². The molecule has 2 aliphatic rings. The van der Waals surface area contributed by atoms with Crippen LogP contribution in [0.1, 0.15) is 41.3 Å². The number of hydrogen-bond donors (Lipinski definition) is 1. The number of benzene rings is 3. The molecule has 0 saturated heterocycles. The van der Waals surface area contributed by atoms with Crippen molar-refractivity contribution in [2.45, 2.75) is 32.4 Å². The van der Waals surface area contributed by atoms with Gasteiger partial charge in [0.1, 0.15) is 0 Å². The third-order valence-electron chi connectivity index (χ3n) is 6.18. The Morgan fingerprint density at radius 1 is 0.903 bits per heavy atom. The van der Waals surface area contributed by atoms with Gasteiger partial charge in [-0.1, -0.05) is 61.4 Å². The molecule has 5 rings (SSSR count). The highest BCUT2D eigenvalue weighted by molar-refractivity contribution is 6.22. The second-order valence-electron chi connectivity index (χ2n) is 8.18. The van der Waals surface area contributed by atoms with Crippen molar-refractivity contribution in [2.75, 3.05) is 21.7 Å². The van der Waals surface area contributed by atoms with Gasteiger partial charge in [0.15, 0.2) is 0 Å². The summed E-state index contributed by atoms with van der Waals surface area (Å²) in [6, 6.07) is 23.0. The molecule has 0 unspecified atom stereocenters. The second kappa shape index (κ2) is 7.27. The fourth-order valence-electron chi connectivity index (χ4n) is 4.62. The largest absolute Gasteiger partial charge is 0.350 e. The van der Waals surface area contributed by atoms with Crippen molar-refractivity contribution in [3.63, 3.8) is 0 Å². The van der Waals surface area contributed by atoms with Gasteiger partial charge in [-0.3, -0.25) is 14.5 Å². The summed E-state index contributed by atoms with van der Waals surface area (Å²) in [5.74, 6) is -0.302. The number of fused-ring (bicyclic) bond motifs is 3. The standard InChI is InChI=1S/C26H25N3O2/c1-3-4-17-28-23-12-8-6-10-21(23)26(25(28)31)27-22-11-7-5-9-20(22)24(30)29(26)19-15-13-18(2)14-16-19/h5-16,27H,3-4,17H2,1-2H3/t26-/m1/s1. The highest BCUT2D eigenvalue weighted by atomic mass is 16.2. The van der Waals surface area contributed by atoms with E-state index in [9.17, 15) is 9.59 Å². The molecule has 0 radical (unpaired) electrons. The topological polar surface area (TPSA) is 52.7 Å². The Bertz CT molecular complexity index is 1170. The van der Waals surface area contributed by atoms with Crippen LogP contribution in [0.15, 0.2) is 72.8 Å². The quantitative estimate of drug-likeness (QED) is 0.652. The molecule has 0 saturated carbocycles. The van der Waals surface area contributed by atoms with Crippen molar-refractivity contribution in [3.05, 3.63) is 89.5 Å². The maximum atomic E-state index is 14.1. The molecule has 0 aliphatic carbocycles. The first-order valence-electron chi connectivity index (χ1n) is 10.8. The van der Waals surface area contributed by atoms with E-state index in [0.29, 0.717) is 23.5 Å². The van der Waals surface area contributed by atoms with E-state index >= 15 is 0 Å². The molecule has 2 heterocycles. The molecular formula is C26H25N3O2. The van der Waals surface area contributed by atoms with Crippen LogP contribution in [0, 0.1) is 6.92 Å². The molecule has 2 amide bonds. The van der Waals surface area contributed by atoms with Gasteiger partial charge in [0.2, 0.25) is 5.66 Å². The van der Waals surface area contributed by atoms with Crippen LogP contribution in [-0.4, -0.2) is 18.4 Å². The van der Waals surface area contributed by atoms with E-state index in [2.05, 4.69) is 12.2 Å². The van der Waals surface area contributed by atoms with E-state index in [1.807, 2.05) is 78.6 Å². The maximum absolute atomic E-state index is 14.1. The van der Waals surface area contributed by atoms with Crippen molar-refractivity contribution in [1.82, 2.24) is 0 Å². The maximum Gasteiger partial charge on any atom is 0.279 e. The molecule has 0 aromatic heterocycles. The minimum atomic E-state index is -1.31. The van der Waals surface area contributed by atoms with Gasteiger partial charge in [-0.15, -0.1) is 0 Å². The van der Waals surface area contributed by atoms with Gasteiger partial charge in [-0.2, -0.15) is 0 Å². The smallest absolute Gasteiger partial charge is 0.279 e. The van der Waals surface area contributed by atoms with Gasteiger partial charge in [0, 0.05) is 23.5 Å². The first kappa shape index (κ1) is 19.4. The lowest BCUT2D eigenvalue weighted by Crippen LogP contribution is -2.63. The highest BCUT2D eigenvalue weighted by Crippen LogP contribution is 2.49. The Morgan fingerprint density at radius 3 is 2.39 bits per heavy atom. The number of hydrogen-bond acceptors (Lipinski definition) is 3. The summed E-state index contributed by atoms with van der Waals surface area (Å²) in [5, 5.41) is 3.49. The Morgan fingerprint density at radius 2 is 1.61 bits per heavy atom. The lowest BCUT2D eigenvalue weighted by atomic mass is 9.92. The fourth-order valence-corrected chi connectivity index (χ4v) is 4.62. The Balaban J connectivity index is 1.77. The summed E-state index contributed by atoms with van der Waals surface area (Å²) in [7, 11) is 0. The predicted octanol–water partition coefficient (Wildman–Crippen LogP) is 5.07. The van der Waals surface area contributed by atoms with Crippen LogP contribution in [0.3, 0.4) is 0 Å². The molecule has 1 N–H and O–H groups in total. The average Bonchev–Trinajstić information content (AvgIpc) is 3.02. The molecule has 2 aliphatic heterocycles. The van der Waals surface area contributed by atoms with Crippen LogP contribution in [0.4, 0.5) is 17.1 Å². The number of carbonyl (C=O) groups is 2. The number of aryl methyl sites for hydroxylation is 1. The summed E-state index contributed by atoms with van der Waals surface area (Å²) in [6.45, 7) is 4.74. The molecule has 3 aromatic carbocycles. The van der Waals surface area contributed by atoms with Gasteiger partial charge in [-0.25, -0.2) is 0 Å². The SMILES string of the molecule is CCCCN1C(=O)[C@@]2(Nc3ccccc3C(=O)N2c2ccc(C)cc2)c2ccccc21. The number of rotatable bonds is 4. The fraction of sp³-hybridized carbons (Fsp3) is 0.231. The Kier molecular flexibility index (Phi) is 4.54. The number of para-hydroxylation sites is 2. The predicted molar refractivity (Wildman–Crippen MR) is 123 cm³/mol. The molecule has 0 fully saturated rings. The van der Waals surface area contributed by atoms with Crippen molar-refractivity contribution >= 4 is 28.9 Å². The molecule has 1 atom stereocenters. The number of amides is 2. The summed E-state index contributed by atoms with van der Waals surface area (Å²) >= 11 is 0. The lowest BCUT2D eigenvalue weighted by Gasteiger charge is -2.45. The average molecular weight is 412 g/mol. The first-order chi connectivity index (χ1) is 15.1. The molecular weight excluding hydrogens is 386 g/mol. The third-order valence-corrected chi connectivity index (χ3v) is 6.18. The first-order valence-corrected chi connectivity index (χ1v) is 10.8. The normalized spacial score (nSPS) is 19.4. The van der Waals surface area contributed by atoms with Crippen LogP contribution < -0.4 is 15.1 Å². The van der Waals surface area contributed by atoms with Crippen LogP contribution in [-0.2, 0) is 10.5 Å². The molecule has 3 aromatic rings. The molecule has 31 heavy (non-hydrogen) atoms. The van der Waals surface area contributed by atoms with Crippen LogP contribution >= 0.6 is 0 Å². The van der Waals surface area contributed by atoms with Gasteiger partial charge < -0.3 is 10.2 Å². The monoisotopic (exact) mass is 411 g/mol. The zero-order valence-corrected chi connectivity index (χ0v) is 17.8. The molecule has 156 valence electrons. The van der Waals surface area contributed by atoms with Crippen molar-refractivity contribution < 1.29 is 9.59 Å². The summed E-state index contributed by atoms with van der Waals surface area (Å²) < 4.78 is 0. The zero-order chi connectivity index (χ0) is 21.6. The van der Waals surface area contributed by atoms with Crippen LogP contribution in [0.25, 0.3) is 0 Å². The van der Waals surface area contributed by atoms with Crippen molar-refractivity contribution in [3.8, 4) is 0 Å². The third kappa shape index (κ3) is 2.76. The van der Waals surface area contributed by atoms with Crippen molar-refractivity contribution in [1.29, 1.82) is 0 Å². The van der Waals surface area contributed by atoms with Crippen LogP contribution in [0.5, 0.6) is 0 Å². The molecule has 0 bridgehead atoms. The number of nitrogens with one attached hydrogen (secondary N) is 1. The zero-order valence-electron chi connectivity index (χ0n) is 17.8. The number of anilines is 3. The molecule has 5 heteroatoms. The molecule has 1 spiro atoms. The van der Waals surface area contributed by atoms with Gasteiger partial charge >= 0.3 is 0 Å². The Labute approximate surface area is 182 Å². The number of unbranched alkanes of at least 4 members (excludes halogenated alkanes) is 1. The minimum absolute atomic E-state index is 0.120. The van der Waals surface area contributed by atoms with E-state index in [1.165, 1.54) is 0 Å². The van der Waals surface area contributed by atoms with Crippen molar-refractivity contribution in [2.24, 2.45) is 0 Å². The molecule has 5 nitrogen and oxygen atoms in total. The van der Waals surface area contributed by atoms with E-state index in [4.69, 9.17) is 0 Å². The van der Waals surface area contributed by atoms with Gasteiger partial charge in [0.05, 0.1) is 11.3 Å².